The zero-order chi connectivity index (χ0) is 9.26. The summed E-state index contributed by atoms with van der Waals surface area (Å²) in [5, 5.41) is 3.06. The molecule has 1 saturated heterocycles. The first-order chi connectivity index (χ1) is 6.25. The molecule has 2 fully saturated rings. The fraction of sp³-hybridized carbons (Fsp3) is 0.889. The minimum atomic E-state index is 0.252. The predicted molar refractivity (Wildman–Crippen MR) is 54.6 cm³/mol. The van der Waals surface area contributed by atoms with Crippen LogP contribution < -0.4 is 11.1 Å². The molecule has 0 aromatic carbocycles. The summed E-state index contributed by atoms with van der Waals surface area (Å²) >= 11 is 1.88. The van der Waals surface area contributed by atoms with E-state index < -0.39 is 0 Å². The maximum absolute atomic E-state index is 11.6. The van der Waals surface area contributed by atoms with Gasteiger partial charge in [0.2, 0.25) is 5.91 Å². The summed E-state index contributed by atoms with van der Waals surface area (Å²) < 4.78 is 0. The average Bonchev–Trinajstić information content (AvgIpc) is 2.53. The molecule has 1 saturated carbocycles. The van der Waals surface area contributed by atoms with E-state index in [9.17, 15) is 4.79 Å². The fourth-order valence-corrected chi connectivity index (χ4v) is 3.06. The first kappa shape index (κ1) is 9.34. The van der Waals surface area contributed by atoms with Gasteiger partial charge in [-0.2, -0.15) is 11.8 Å². The predicted octanol–water partition coefficient (Wildman–Crippen LogP) is 0.345. The van der Waals surface area contributed by atoms with Crippen molar-refractivity contribution in [3.63, 3.8) is 0 Å². The van der Waals surface area contributed by atoms with Gasteiger partial charge in [0.05, 0.1) is 0 Å². The summed E-state index contributed by atoms with van der Waals surface area (Å²) in [5.74, 6) is 2.66. The van der Waals surface area contributed by atoms with Gasteiger partial charge in [0.1, 0.15) is 0 Å². The van der Waals surface area contributed by atoms with Crippen molar-refractivity contribution >= 4 is 17.7 Å². The maximum atomic E-state index is 11.6. The Morgan fingerprint density at radius 2 is 2.23 bits per heavy atom. The van der Waals surface area contributed by atoms with E-state index in [-0.39, 0.29) is 11.8 Å². The van der Waals surface area contributed by atoms with Crippen molar-refractivity contribution in [3.05, 3.63) is 0 Å². The summed E-state index contributed by atoms with van der Waals surface area (Å²) in [6.07, 6.45) is 2.98. The highest BCUT2D eigenvalue weighted by Gasteiger charge is 2.30. The third-order valence-electron chi connectivity index (χ3n) is 2.82. The molecule has 0 aromatic rings. The Kier molecular flexibility index (Phi) is 2.79. The summed E-state index contributed by atoms with van der Waals surface area (Å²) in [4.78, 5) is 11.6. The maximum Gasteiger partial charge on any atom is 0.224 e. The van der Waals surface area contributed by atoms with Crippen LogP contribution in [0.5, 0.6) is 0 Å². The van der Waals surface area contributed by atoms with E-state index in [1.54, 1.807) is 0 Å². The molecule has 3 N–H and O–H groups in total. The van der Waals surface area contributed by atoms with Crippen molar-refractivity contribution in [2.45, 2.75) is 31.3 Å². The molecule has 1 aliphatic carbocycles. The minimum Gasteiger partial charge on any atom is -0.353 e. The highest BCUT2D eigenvalue weighted by atomic mass is 32.2. The Morgan fingerprint density at radius 3 is 2.77 bits per heavy atom. The number of rotatable bonds is 2. The van der Waals surface area contributed by atoms with Gasteiger partial charge in [0.25, 0.3) is 0 Å². The molecule has 13 heavy (non-hydrogen) atoms. The monoisotopic (exact) mass is 200 g/mol. The molecule has 1 aliphatic heterocycles. The normalized spacial score (nSPS) is 38.4. The number of hydrogen-bond donors (Lipinski definition) is 2. The van der Waals surface area contributed by atoms with Gasteiger partial charge in [-0.15, -0.1) is 0 Å². The molecule has 4 heteroatoms. The highest BCUT2D eigenvalue weighted by molar-refractivity contribution is 7.99. The van der Waals surface area contributed by atoms with Crippen LogP contribution in [0.15, 0.2) is 0 Å². The van der Waals surface area contributed by atoms with E-state index in [0.717, 1.165) is 30.8 Å². The lowest BCUT2D eigenvalue weighted by Gasteiger charge is -2.33. The van der Waals surface area contributed by atoms with E-state index in [4.69, 9.17) is 5.73 Å². The SMILES string of the molecule is NC1CC(NC(=O)C2CCSC2)C1. The van der Waals surface area contributed by atoms with Gasteiger partial charge in [-0.1, -0.05) is 0 Å². The van der Waals surface area contributed by atoms with E-state index in [1.807, 2.05) is 11.8 Å². The summed E-state index contributed by atoms with van der Waals surface area (Å²) in [5.41, 5.74) is 5.64. The van der Waals surface area contributed by atoms with Crippen LogP contribution in [-0.2, 0) is 4.79 Å². The topological polar surface area (TPSA) is 55.1 Å². The summed E-state index contributed by atoms with van der Waals surface area (Å²) in [6.45, 7) is 0. The van der Waals surface area contributed by atoms with Gasteiger partial charge in [-0.25, -0.2) is 0 Å². The van der Waals surface area contributed by atoms with Crippen LogP contribution in [0.1, 0.15) is 19.3 Å². The summed E-state index contributed by atoms with van der Waals surface area (Å²) in [6, 6.07) is 0.691. The van der Waals surface area contributed by atoms with Gasteiger partial charge >= 0.3 is 0 Å². The number of thioether (sulfide) groups is 1. The number of carbonyl (C=O) groups excluding carboxylic acids is 1. The molecular formula is C9H16N2OS. The van der Waals surface area contributed by atoms with Crippen LogP contribution in [0.2, 0.25) is 0 Å². The number of carbonyl (C=O) groups is 1. The first-order valence-corrected chi connectivity index (χ1v) is 6.05. The average molecular weight is 200 g/mol. The van der Waals surface area contributed by atoms with Crippen molar-refractivity contribution in [1.29, 1.82) is 0 Å². The smallest absolute Gasteiger partial charge is 0.224 e. The lowest BCUT2D eigenvalue weighted by atomic mass is 9.87. The Hall–Kier alpha value is -0.220. The van der Waals surface area contributed by atoms with Crippen LogP contribution >= 0.6 is 11.8 Å². The molecule has 1 amide bonds. The number of amides is 1. The Labute approximate surface area is 82.8 Å². The standard InChI is InChI=1S/C9H16N2OS/c10-7-3-8(4-7)11-9(12)6-1-2-13-5-6/h6-8H,1-5,10H2,(H,11,12). The van der Waals surface area contributed by atoms with Crippen LogP contribution in [0.4, 0.5) is 0 Å². The molecule has 2 aliphatic rings. The third-order valence-corrected chi connectivity index (χ3v) is 3.98. The quantitative estimate of drug-likeness (QED) is 0.676. The van der Waals surface area contributed by atoms with Crippen LogP contribution in [-0.4, -0.2) is 29.5 Å². The highest BCUT2D eigenvalue weighted by Crippen LogP contribution is 2.25. The van der Waals surface area contributed by atoms with Crippen molar-refractivity contribution < 1.29 is 4.79 Å². The molecule has 74 valence electrons. The first-order valence-electron chi connectivity index (χ1n) is 4.89. The van der Waals surface area contributed by atoms with Crippen molar-refractivity contribution in [3.8, 4) is 0 Å². The van der Waals surface area contributed by atoms with Gasteiger partial charge in [-0.3, -0.25) is 4.79 Å². The Morgan fingerprint density at radius 1 is 1.46 bits per heavy atom. The Bertz CT molecular complexity index is 198. The number of nitrogens with one attached hydrogen (secondary N) is 1. The van der Waals surface area contributed by atoms with Crippen LogP contribution in [0, 0.1) is 5.92 Å². The van der Waals surface area contributed by atoms with Crippen molar-refractivity contribution in [1.82, 2.24) is 5.32 Å². The number of nitrogens with two attached hydrogens (primary N) is 1. The second-order valence-electron chi connectivity index (χ2n) is 4.00. The molecule has 1 unspecified atom stereocenters. The third kappa shape index (κ3) is 2.17. The van der Waals surface area contributed by atoms with Crippen LogP contribution in [0.3, 0.4) is 0 Å². The molecule has 0 spiro atoms. The molecule has 0 bridgehead atoms. The van der Waals surface area contributed by atoms with E-state index in [1.165, 1.54) is 0 Å². The molecule has 1 atom stereocenters. The van der Waals surface area contributed by atoms with Gasteiger partial charge in [-0.05, 0) is 25.0 Å². The van der Waals surface area contributed by atoms with E-state index in [2.05, 4.69) is 5.32 Å². The zero-order valence-electron chi connectivity index (χ0n) is 7.66. The minimum absolute atomic E-state index is 0.252. The lowest BCUT2D eigenvalue weighted by Crippen LogP contribution is -2.51. The number of hydrogen-bond acceptors (Lipinski definition) is 3. The zero-order valence-corrected chi connectivity index (χ0v) is 8.48. The largest absolute Gasteiger partial charge is 0.353 e. The van der Waals surface area contributed by atoms with Gasteiger partial charge in [0, 0.05) is 23.8 Å². The lowest BCUT2D eigenvalue weighted by molar-refractivity contribution is -0.125. The second kappa shape index (κ2) is 3.88. The van der Waals surface area contributed by atoms with E-state index in [0.29, 0.717) is 12.1 Å². The molecular weight excluding hydrogens is 184 g/mol. The molecule has 2 rings (SSSR count). The van der Waals surface area contributed by atoms with Gasteiger partial charge in [0.15, 0.2) is 0 Å². The fourth-order valence-electron chi connectivity index (χ4n) is 1.84. The van der Waals surface area contributed by atoms with Crippen LogP contribution in [0.25, 0.3) is 0 Å². The molecule has 3 nitrogen and oxygen atoms in total. The van der Waals surface area contributed by atoms with Crippen molar-refractivity contribution in [2.75, 3.05) is 11.5 Å². The van der Waals surface area contributed by atoms with E-state index >= 15 is 0 Å². The van der Waals surface area contributed by atoms with Gasteiger partial charge < -0.3 is 11.1 Å². The molecule has 0 radical (unpaired) electrons. The molecule has 0 aromatic heterocycles. The second-order valence-corrected chi connectivity index (χ2v) is 5.15. The Balaban J connectivity index is 1.72. The summed E-state index contributed by atoms with van der Waals surface area (Å²) in [7, 11) is 0. The molecule has 1 heterocycles. The van der Waals surface area contributed by atoms with Crippen molar-refractivity contribution in [2.24, 2.45) is 11.7 Å².